The van der Waals surface area contributed by atoms with Crippen molar-refractivity contribution in [3.05, 3.63) is 41.8 Å². The summed E-state index contributed by atoms with van der Waals surface area (Å²) >= 11 is 0. The summed E-state index contributed by atoms with van der Waals surface area (Å²) in [5.41, 5.74) is 1.24. The molecule has 4 rings (SSSR count). The van der Waals surface area contributed by atoms with Crippen molar-refractivity contribution in [1.29, 1.82) is 0 Å². The molecule has 3 heterocycles. The van der Waals surface area contributed by atoms with Crippen LogP contribution < -0.4 is 9.80 Å². The molecule has 1 saturated heterocycles. The lowest BCUT2D eigenvalue weighted by molar-refractivity contribution is 0.0989. The van der Waals surface area contributed by atoms with Crippen LogP contribution in [0.5, 0.6) is 0 Å². The first-order valence-electron chi connectivity index (χ1n) is 8.20. The van der Waals surface area contributed by atoms with E-state index in [1.54, 1.807) is 21.8 Å². The van der Waals surface area contributed by atoms with Crippen LogP contribution in [0.25, 0.3) is 0 Å². The van der Waals surface area contributed by atoms with E-state index >= 15 is 0 Å². The Morgan fingerprint density at radius 3 is 2.67 bits per heavy atom. The van der Waals surface area contributed by atoms with E-state index in [1.165, 1.54) is 12.1 Å². The van der Waals surface area contributed by atoms with E-state index in [1.807, 2.05) is 6.07 Å². The van der Waals surface area contributed by atoms with Gasteiger partial charge in [0, 0.05) is 44.5 Å². The van der Waals surface area contributed by atoms with Gasteiger partial charge in [-0.25, -0.2) is 9.07 Å². The third-order valence-electron chi connectivity index (χ3n) is 4.78. The minimum absolute atomic E-state index is 0.164. The maximum absolute atomic E-state index is 13.8. The lowest BCUT2D eigenvalue weighted by Gasteiger charge is -2.35. The minimum atomic E-state index is -0.385. The average molecular weight is 329 g/mol. The summed E-state index contributed by atoms with van der Waals surface area (Å²) in [5.74, 6) is 0.222. The highest BCUT2D eigenvalue weighted by molar-refractivity contribution is 6.09. The zero-order valence-corrected chi connectivity index (χ0v) is 13.7. The van der Waals surface area contributed by atoms with Gasteiger partial charge >= 0.3 is 0 Å². The lowest BCUT2D eigenvalue weighted by atomic mass is 10.1. The van der Waals surface area contributed by atoms with Gasteiger partial charge in [0.05, 0.1) is 18.3 Å². The average Bonchev–Trinajstić information content (AvgIpc) is 3.18. The second-order valence-electron chi connectivity index (χ2n) is 6.32. The maximum Gasteiger partial charge on any atom is 0.261 e. The van der Waals surface area contributed by atoms with Gasteiger partial charge in [0.15, 0.2) is 0 Å². The van der Waals surface area contributed by atoms with Gasteiger partial charge in [-0.05, 0) is 25.2 Å². The zero-order valence-electron chi connectivity index (χ0n) is 13.7. The molecule has 0 unspecified atom stereocenters. The highest BCUT2D eigenvalue weighted by atomic mass is 19.1. The van der Waals surface area contributed by atoms with E-state index in [0.29, 0.717) is 18.7 Å². The molecule has 0 N–H and O–H groups in total. The molecule has 2 aliphatic heterocycles. The van der Waals surface area contributed by atoms with Crippen LogP contribution >= 0.6 is 0 Å². The Morgan fingerprint density at radius 2 is 1.88 bits per heavy atom. The Bertz CT molecular complexity index is 766. The number of benzene rings is 1. The molecule has 126 valence electrons. The molecule has 1 amide bonds. The predicted octanol–water partition coefficient (Wildman–Crippen LogP) is 1.43. The fourth-order valence-corrected chi connectivity index (χ4v) is 3.39. The number of carbonyl (C=O) groups is 1. The van der Waals surface area contributed by atoms with Crippen LogP contribution in [0.15, 0.2) is 30.5 Å². The number of nitrogens with zero attached hydrogens (tertiary/aromatic N) is 5. The third kappa shape index (κ3) is 2.54. The van der Waals surface area contributed by atoms with Gasteiger partial charge < -0.3 is 9.80 Å². The number of amides is 1. The molecule has 2 aliphatic rings. The van der Waals surface area contributed by atoms with E-state index in [-0.39, 0.29) is 11.7 Å². The molecule has 0 spiro atoms. The van der Waals surface area contributed by atoms with Crippen molar-refractivity contribution in [3.63, 3.8) is 0 Å². The first-order chi connectivity index (χ1) is 11.6. The van der Waals surface area contributed by atoms with Gasteiger partial charge in [-0.15, -0.1) is 0 Å². The molecular weight excluding hydrogens is 309 g/mol. The van der Waals surface area contributed by atoms with Crippen molar-refractivity contribution < 1.29 is 9.18 Å². The molecule has 1 fully saturated rings. The van der Waals surface area contributed by atoms with E-state index in [4.69, 9.17) is 0 Å². The molecule has 0 aliphatic carbocycles. The number of halogens is 1. The van der Waals surface area contributed by atoms with E-state index < -0.39 is 0 Å². The number of anilines is 2. The molecule has 7 heteroatoms. The Balaban J connectivity index is 1.67. The predicted molar refractivity (Wildman–Crippen MR) is 90.0 cm³/mol. The number of fused-ring (bicyclic) bond motifs is 1. The van der Waals surface area contributed by atoms with Crippen molar-refractivity contribution in [2.45, 2.75) is 6.54 Å². The van der Waals surface area contributed by atoms with Gasteiger partial charge in [0.2, 0.25) is 0 Å². The van der Waals surface area contributed by atoms with Crippen LogP contribution in [-0.4, -0.2) is 60.4 Å². The summed E-state index contributed by atoms with van der Waals surface area (Å²) in [7, 11) is 2.08. The summed E-state index contributed by atoms with van der Waals surface area (Å²) in [6.45, 7) is 4.78. The summed E-state index contributed by atoms with van der Waals surface area (Å²) in [6.07, 6.45) is 1.68. The van der Waals surface area contributed by atoms with Crippen LogP contribution in [-0.2, 0) is 6.54 Å². The van der Waals surface area contributed by atoms with Crippen molar-refractivity contribution in [3.8, 4) is 0 Å². The molecule has 0 saturated carbocycles. The largest absolute Gasteiger partial charge is 0.368 e. The first-order valence-corrected chi connectivity index (χ1v) is 8.20. The van der Waals surface area contributed by atoms with Crippen molar-refractivity contribution in [2.75, 3.05) is 49.6 Å². The minimum Gasteiger partial charge on any atom is -0.368 e. The molecule has 24 heavy (non-hydrogen) atoms. The number of aromatic nitrogens is 2. The molecule has 1 aromatic carbocycles. The standard InChI is InChI=1S/C17H20FN5O/c1-20-6-8-21(9-7-20)15-3-2-13(18)12-14(15)17(24)22-10-11-23-16(22)4-5-19-23/h2-5,12H,6-11H2,1H3. The Kier molecular flexibility index (Phi) is 3.72. The number of hydrogen-bond acceptors (Lipinski definition) is 4. The quantitative estimate of drug-likeness (QED) is 0.836. The van der Waals surface area contributed by atoms with Gasteiger partial charge in [-0.1, -0.05) is 0 Å². The smallest absolute Gasteiger partial charge is 0.261 e. The van der Waals surface area contributed by atoms with Crippen molar-refractivity contribution in [2.24, 2.45) is 0 Å². The van der Waals surface area contributed by atoms with Gasteiger partial charge in [0.25, 0.3) is 5.91 Å². The highest BCUT2D eigenvalue weighted by Crippen LogP contribution is 2.28. The Labute approximate surface area is 140 Å². The summed E-state index contributed by atoms with van der Waals surface area (Å²) < 4.78 is 15.6. The lowest BCUT2D eigenvalue weighted by Crippen LogP contribution is -2.45. The van der Waals surface area contributed by atoms with Crippen LogP contribution in [0.1, 0.15) is 10.4 Å². The number of carbonyl (C=O) groups excluding carboxylic acids is 1. The number of rotatable bonds is 2. The molecule has 6 nitrogen and oxygen atoms in total. The molecule has 0 radical (unpaired) electrons. The summed E-state index contributed by atoms with van der Waals surface area (Å²) in [5, 5.41) is 4.19. The molecule has 2 aromatic rings. The van der Waals surface area contributed by atoms with Gasteiger partial charge in [-0.2, -0.15) is 5.10 Å². The molecule has 0 bridgehead atoms. The van der Waals surface area contributed by atoms with Crippen LogP contribution in [0.2, 0.25) is 0 Å². The van der Waals surface area contributed by atoms with E-state index in [0.717, 1.165) is 37.7 Å². The molecule has 0 atom stereocenters. The number of piperazine rings is 1. The Hall–Kier alpha value is -2.41. The van der Waals surface area contributed by atoms with E-state index in [2.05, 4.69) is 21.9 Å². The van der Waals surface area contributed by atoms with Gasteiger partial charge in [-0.3, -0.25) is 9.69 Å². The second kappa shape index (κ2) is 5.90. The topological polar surface area (TPSA) is 44.6 Å². The van der Waals surface area contributed by atoms with Crippen LogP contribution in [0, 0.1) is 5.82 Å². The summed E-state index contributed by atoms with van der Waals surface area (Å²) in [6, 6.07) is 6.33. The maximum atomic E-state index is 13.8. The number of hydrogen-bond donors (Lipinski definition) is 0. The summed E-state index contributed by atoms with van der Waals surface area (Å²) in [4.78, 5) is 19.2. The van der Waals surface area contributed by atoms with Crippen LogP contribution in [0.3, 0.4) is 0 Å². The van der Waals surface area contributed by atoms with Crippen molar-refractivity contribution >= 4 is 17.4 Å². The van der Waals surface area contributed by atoms with Crippen LogP contribution in [0.4, 0.5) is 15.9 Å². The van der Waals surface area contributed by atoms with Crippen molar-refractivity contribution in [1.82, 2.24) is 14.7 Å². The monoisotopic (exact) mass is 329 g/mol. The van der Waals surface area contributed by atoms with E-state index in [9.17, 15) is 9.18 Å². The fourth-order valence-electron chi connectivity index (χ4n) is 3.39. The SMILES string of the molecule is CN1CCN(c2ccc(F)cc2C(=O)N2CCn3nccc32)CC1. The second-order valence-corrected chi connectivity index (χ2v) is 6.32. The fraction of sp³-hybridized carbons (Fsp3) is 0.412. The highest BCUT2D eigenvalue weighted by Gasteiger charge is 2.29. The first kappa shape index (κ1) is 15.1. The number of likely N-dealkylation sites (N-methyl/N-ethyl adjacent to an activating group) is 1. The van der Waals surface area contributed by atoms with Gasteiger partial charge in [0.1, 0.15) is 11.6 Å². The Morgan fingerprint density at radius 1 is 1.08 bits per heavy atom. The third-order valence-corrected chi connectivity index (χ3v) is 4.78. The normalized spacial score (nSPS) is 18.1. The zero-order chi connectivity index (χ0) is 16.7. The molecule has 1 aromatic heterocycles. The molecular formula is C17H20FN5O.